The highest BCUT2D eigenvalue weighted by Gasteiger charge is 2.05. The molecule has 134 valence electrons. The third kappa shape index (κ3) is 6.07. The molecular weight excluding hydrogens is 332 g/mol. The van der Waals surface area contributed by atoms with Gasteiger partial charge in [0.05, 0.1) is 37.7 Å². The first-order chi connectivity index (χ1) is 12.1. The lowest BCUT2D eigenvalue weighted by Crippen LogP contribution is -2.02. The summed E-state index contributed by atoms with van der Waals surface area (Å²) in [7, 11) is 4.41. The van der Waals surface area contributed by atoms with Gasteiger partial charge in [-0.15, -0.1) is 0 Å². The second kappa shape index (κ2) is 10.6. The first-order valence-electron chi connectivity index (χ1n) is 6.88. The number of carbonyl (C=O) groups is 2. The Morgan fingerprint density at radius 1 is 0.960 bits per heavy atom. The summed E-state index contributed by atoms with van der Waals surface area (Å²) >= 11 is 0. The van der Waals surface area contributed by atoms with E-state index in [1.165, 1.54) is 45.9 Å². The number of rotatable bonds is 7. The van der Waals surface area contributed by atoms with Crippen LogP contribution in [0.5, 0.6) is 23.3 Å². The molecule has 0 saturated heterocycles. The Morgan fingerprint density at radius 3 is 2.04 bits per heavy atom. The Hall–Kier alpha value is -3.20. The number of ether oxygens (including phenoxy) is 4. The summed E-state index contributed by atoms with van der Waals surface area (Å²) in [6.07, 6.45) is 3.80. The molecule has 0 radical (unpaired) electrons. The Labute approximate surface area is 144 Å². The molecule has 0 aliphatic carbocycles. The lowest BCUT2D eigenvalue weighted by atomic mass is 10.3. The Kier molecular flexibility index (Phi) is 8.38. The lowest BCUT2D eigenvalue weighted by Gasteiger charge is -2.07. The Bertz CT molecular complexity index is 707. The second-order valence-electron chi connectivity index (χ2n) is 4.34. The van der Waals surface area contributed by atoms with Gasteiger partial charge in [-0.1, -0.05) is 0 Å². The van der Waals surface area contributed by atoms with Gasteiger partial charge in [0.1, 0.15) is 5.75 Å². The average Bonchev–Trinajstić information content (AvgIpc) is 2.67. The van der Waals surface area contributed by atoms with Gasteiger partial charge in [0, 0.05) is 19.2 Å². The van der Waals surface area contributed by atoms with Gasteiger partial charge in [-0.25, -0.2) is 9.97 Å². The van der Waals surface area contributed by atoms with Crippen LogP contribution in [0.25, 0.3) is 0 Å². The first kappa shape index (κ1) is 19.8. The van der Waals surface area contributed by atoms with E-state index >= 15 is 0 Å². The van der Waals surface area contributed by atoms with Crippen molar-refractivity contribution < 1.29 is 33.6 Å². The van der Waals surface area contributed by atoms with Gasteiger partial charge in [-0.2, -0.15) is 0 Å². The second-order valence-corrected chi connectivity index (χ2v) is 4.34. The summed E-state index contributed by atoms with van der Waals surface area (Å²) in [5.41, 5.74) is 0.561. The minimum absolute atomic E-state index is 0.0782. The molecule has 0 aliphatic heterocycles. The molecule has 0 fully saturated rings. The molecule has 0 unspecified atom stereocenters. The highest BCUT2D eigenvalue weighted by atomic mass is 16.7. The number of hydrogen-bond donors (Lipinski definition) is 1. The van der Waals surface area contributed by atoms with Crippen molar-refractivity contribution in [3.8, 4) is 23.3 Å². The fraction of sp³-hybridized carbons (Fsp3) is 0.250. The molecule has 0 amide bonds. The number of methoxy groups -OCH3 is 3. The molecule has 0 aromatic carbocycles. The first-order valence-corrected chi connectivity index (χ1v) is 6.88. The third-order valence-corrected chi connectivity index (χ3v) is 2.77. The van der Waals surface area contributed by atoms with Gasteiger partial charge in [0.15, 0.2) is 25.1 Å². The lowest BCUT2D eigenvalue weighted by molar-refractivity contribution is 0.0502. The topological polar surface area (TPSA) is 117 Å². The molecule has 0 aliphatic rings. The normalized spacial score (nSPS) is 9.40. The molecule has 2 heterocycles. The smallest absolute Gasteiger partial charge is 0.213 e. The number of hydrogen-bond acceptors (Lipinski definition) is 9. The minimum atomic E-state index is -0.138. The maximum absolute atomic E-state index is 10.7. The Balaban J connectivity index is 0.000000257. The van der Waals surface area contributed by atoms with E-state index in [4.69, 9.17) is 24.1 Å². The van der Waals surface area contributed by atoms with E-state index in [2.05, 4.69) is 9.97 Å². The van der Waals surface area contributed by atoms with Crippen LogP contribution in [0.2, 0.25) is 0 Å². The van der Waals surface area contributed by atoms with Crippen molar-refractivity contribution in [2.75, 3.05) is 28.1 Å². The molecule has 2 rings (SSSR count). The zero-order valence-electron chi connectivity index (χ0n) is 14.0. The molecule has 0 spiro atoms. The molecule has 25 heavy (non-hydrogen) atoms. The van der Waals surface area contributed by atoms with E-state index in [9.17, 15) is 9.59 Å². The van der Waals surface area contributed by atoms with E-state index in [1.54, 1.807) is 0 Å². The van der Waals surface area contributed by atoms with Gasteiger partial charge in [-0.3, -0.25) is 9.59 Å². The van der Waals surface area contributed by atoms with Crippen LogP contribution >= 0.6 is 0 Å². The number of pyridine rings is 2. The van der Waals surface area contributed by atoms with Crippen molar-refractivity contribution in [3.63, 3.8) is 0 Å². The molecule has 9 heteroatoms. The number of nitrogens with zero attached hydrogens (tertiary/aromatic N) is 2. The number of carbonyl (C=O) groups excluding carboxylic acids is 2. The molecule has 1 N–H and O–H groups in total. The highest BCUT2D eigenvalue weighted by molar-refractivity contribution is 5.79. The number of aromatic hydroxyl groups is 1. The molecule has 2 aromatic heterocycles. The van der Waals surface area contributed by atoms with Crippen LogP contribution in [0.4, 0.5) is 0 Å². The number of aldehydes is 2. The molecule has 0 bridgehead atoms. The predicted molar refractivity (Wildman–Crippen MR) is 86.5 cm³/mol. The van der Waals surface area contributed by atoms with Crippen LogP contribution < -0.4 is 14.2 Å². The van der Waals surface area contributed by atoms with E-state index in [0.29, 0.717) is 35.6 Å². The third-order valence-electron chi connectivity index (χ3n) is 2.77. The largest absolute Gasteiger partial charge is 0.506 e. The standard InChI is InChI=1S/C9H11NO4.C7H7NO3/c1-12-6-14-8-4-10-9(13-2)3-7(8)5-11;1-11-7-2-5(4-9)6(10)3-8-7/h3-5H,6H2,1-2H3;2-4,10H,1H3. The summed E-state index contributed by atoms with van der Waals surface area (Å²) in [6.45, 7) is 0.0782. The van der Waals surface area contributed by atoms with Gasteiger partial charge in [0.25, 0.3) is 0 Å². The summed E-state index contributed by atoms with van der Waals surface area (Å²) < 4.78 is 19.4. The van der Waals surface area contributed by atoms with Crippen LogP contribution in [0.1, 0.15) is 20.7 Å². The van der Waals surface area contributed by atoms with Crippen LogP contribution in [0.3, 0.4) is 0 Å². The number of aromatic nitrogens is 2. The summed E-state index contributed by atoms with van der Waals surface area (Å²) in [5, 5.41) is 8.98. The summed E-state index contributed by atoms with van der Waals surface area (Å²) in [6, 6.07) is 2.86. The Morgan fingerprint density at radius 2 is 1.52 bits per heavy atom. The maximum Gasteiger partial charge on any atom is 0.213 e. The molecule has 0 atom stereocenters. The van der Waals surface area contributed by atoms with Gasteiger partial charge in [0.2, 0.25) is 11.8 Å². The van der Waals surface area contributed by atoms with E-state index < -0.39 is 0 Å². The predicted octanol–water partition coefficient (Wildman–Crippen LogP) is 1.49. The van der Waals surface area contributed by atoms with Crippen LogP contribution in [-0.2, 0) is 4.74 Å². The fourth-order valence-electron chi connectivity index (χ4n) is 1.53. The summed E-state index contributed by atoms with van der Waals surface area (Å²) in [4.78, 5) is 28.5. The SMILES string of the molecule is COCOc1cnc(OC)cc1C=O.COc1cc(C=O)c(O)cn1. The van der Waals surface area contributed by atoms with E-state index in [1.807, 2.05) is 0 Å². The zero-order chi connectivity index (χ0) is 18.7. The van der Waals surface area contributed by atoms with Crippen LogP contribution in [0.15, 0.2) is 24.5 Å². The zero-order valence-corrected chi connectivity index (χ0v) is 14.0. The quantitative estimate of drug-likeness (QED) is 0.585. The van der Waals surface area contributed by atoms with Crippen molar-refractivity contribution in [1.82, 2.24) is 9.97 Å². The van der Waals surface area contributed by atoms with Crippen molar-refractivity contribution in [2.24, 2.45) is 0 Å². The molecule has 2 aromatic rings. The monoisotopic (exact) mass is 350 g/mol. The molecule has 9 nitrogen and oxygen atoms in total. The minimum Gasteiger partial charge on any atom is -0.506 e. The van der Waals surface area contributed by atoms with Crippen LogP contribution in [0, 0.1) is 0 Å². The molecule has 0 saturated carbocycles. The maximum atomic E-state index is 10.7. The van der Waals surface area contributed by atoms with Gasteiger partial charge in [-0.05, 0) is 0 Å². The van der Waals surface area contributed by atoms with Gasteiger partial charge >= 0.3 is 0 Å². The molecular formula is C16H18N2O7. The van der Waals surface area contributed by atoms with Crippen molar-refractivity contribution in [3.05, 3.63) is 35.7 Å². The van der Waals surface area contributed by atoms with Crippen molar-refractivity contribution >= 4 is 12.6 Å². The fourth-order valence-corrected chi connectivity index (χ4v) is 1.53. The van der Waals surface area contributed by atoms with E-state index in [-0.39, 0.29) is 18.1 Å². The summed E-state index contributed by atoms with van der Waals surface area (Å²) in [5.74, 6) is 0.921. The van der Waals surface area contributed by atoms with Gasteiger partial charge < -0.3 is 24.1 Å². The highest BCUT2D eigenvalue weighted by Crippen LogP contribution is 2.19. The van der Waals surface area contributed by atoms with E-state index in [0.717, 1.165) is 0 Å². The van der Waals surface area contributed by atoms with Crippen molar-refractivity contribution in [2.45, 2.75) is 0 Å². The average molecular weight is 350 g/mol. The van der Waals surface area contributed by atoms with Crippen molar-refractivity contribution in [1.29, 1.82) is 0 Å². The van der Waals surface area contributed by atoms with Crippen LogP contribution in [-0.4, -0.2) is 55.8 Å².